The fourth-order valence-corrected chi connectivity index (χ4v) is 3.62. The molecule has 1 aliphatic heterocycles. The van der Waals surface area contributed by atoms with Crippen LogP contribution in [0.4, 0.5) is 0 Å². The SMILES string of the molecule is COC(=O)[C@H](c1ccccc1)N1CCc2sccc2C1.I. The lowest BCUT2D eigenvalue weighted by Crippen LogP contribution is -2.38. The minimum atomic E-state index is -0.311. The average molecular weight is 415 g/mol. The molecule has 0 bridgehead atoms. The summed E-state index contributed by atoms with van der Waals surface area (Å²) in [6.07, 6.45) is 1.01. The molecule has 1 aromatic heterocycles. The largest absolute Gasteiger partial charge is 0.468 e. The quantitative estimate of drug-likeness (QED) is 0.567. The summed E-state index contributed by atoms with van der Waals surface area (Å²) in [4.78, 5) is 15.8. The minimum Gasteiger partial charge on any atom is -0.468 e. The van der Waals surface area contributed by atoms with Gasteiger partial charge in [0, 0.05) is 18.0 Å². The van der Waals surface area contributed by atoms with E-state index in [0.29, 0.717) is 0 Å². The molecule has 1 aliphatic rings. The first-order valence-electron chi connectivity index (χ1n) is 6.71. The van der Waals surface area contributed by atoms with Gasteiger partial charge in [0.1, 0.15) is 6.04 Å². The van der Waals surface area contributed by atoms with E-state index in [0.717, 1.165) is 25.1 Å². The van der Waals surface area contributed by atoms with Gasteiger partial charge < -0.3 is 4.74 Å². The van der Waals surface area contributed by atoms with E-state index in [-0.39, 0.29) is 36.0 Å². The van der Waals surface area contributed by atoms with E-state index in [2.05, 4.69) is 16.3 Å². The first kappa shape index (κ1) is 16.5. The van der Waals surface area contributed by atoms with E-state index < -0.39 is 0 Å². The zero-order chi connectivity index (χ0) is 13.9. The molecule has 0 saturated heterocycles. The van der Waals surface area contributed by atoms with Crippen molar-refractivity contribution < 1.29 is 9.53 Å². The van der Waals surface area contributed by atoms with Crippen molar-refractivity contribution in [3.05, 3.63) is 57.8 Å². The summed E-state index contributed by atoms with van der Waals surface area (Å²) < 4.78 is 5.01. The van der Waals surface area contributed by atoms with Crippen molar-refractivity contribution in [1.82, 2.24) is 4.90 Å². The van der Waals surface area contributed by atoms with E-state index in [1.54, 1.807) is 11.3 Å². The lowest BCUT2D eigenvalue weighted by atomic mass is 10.0. The predicted molar refractivity (Wildman–Crippen MR) is 95.0 cm³/mol. The standard InChI is InChI=1S/C16H17NO2S.HI/c1-19-16(18)15(12-5-3-2-4-6-12)17-9-7-14-13(11-17)8-10-20-14;/h2-6,8,10,15H,7,9,11H2,1H3;1H/t15-;/m0./s1. The number of carbonyl (C=O) groups is 1. The van der Waals surface area contributed by atoms with E-state index >= 15 is 0 Å². The van der Waals surface area contributed by atoms with E-state index in [4.69, 9.17) is 4.74 Å². The van der Waals surface area contributed by atoms with Gasteiger partial charge in [-0.3, -0.25) is 4.90 Å². The van der Waals surface area contributed by atoms with Gasteiger partial charge in [0.25, 0.3) is 0 Å². The smallest absolute Gasteiger partial charge is 0.327 e. The van der Waals surface area contributed by atoms with Gasteiger partial charge in [0.2, 0.25) is 0 Å². The Kier molecular flexibility index (Phi) is 5.78. The molecule has 21 heavy (non-hydrogen) atoms. The van der Waals surface area contributed by atoms with Crippen LogP contribution in [0, 0.1) is 0 Å². The highest BCUT2D eigenvalue weighted by atomic mass is 127. The van der Waals surface area contributed by atoms with Crippen molar-refractivity contribution in [3.8, 4) is 0 Å². The first-order valence-corrected chi connectivity index (χ1v) is 7.59. The third kappa shape index (κ3) is 3.46. The number of benzene rings is 1. The molecule has 0 N–H and O–H groups in total. The van der Waals surface area contributed by atoms with Crippen LogP contribution in [0.15, 0.2) is 41.8 Å². The van der Waals surface area contributed by atoms with Crippen LogP contribution in [0.25, 0.3) is 0 Å². The first-order chi connectivity index (χ1) is 9.79. The van der Waals surface area contributed by atoms with Crippen LogP contribution < -0.4 is 0 Å². The molecule has 1 aromatic carbocycles. The normalized spacial score (nSPS) is 15.7. The highest BCUT2D eigenvalue weighted by Crippen LogP contribution is 2.30. The molecular weight excluding hydrogens is 397 g/mol. The molecule has 0 amide bonds. The summed E-state index contributed by atoms with van der Waals surface area (Å²) >= 11 is 1.81. The Labute approximate surface area is 145 Å². The maximum atomic E-state index is 12.2. The molecule has 0 spiro atoms. The molecular formula is C16H18INO2S. The van der Waals surface area contributed by atoms with Gasteiger partial charge in [0.15, 0.2) is 0 Å². The zero-order valence-electron chi connectivity index (χ0n) is 11.8. The highest BCUT2D eigenvalue weighted by molar-refractivity contribution is 14.0. The number of halogens is 1. The number of fused-ring (bicyclic) bond motifs is 1. The Bertz CT molecular complexity index is 599. The Hall–Kier alpha value is -0.920. The van der Waals surface area contributed by atoms with Crippen molar-refractivity contribution in [2.24, 2.45) is 0 Å². The minimum absolute atomic E-state index is 0. The molecule has 3 nitrogen and oxygen atoms in total. The number of thiophene rings is 1. The Morgan fingerprint density at radius 2 is 2.05 bits per heavy atom. The van der Waals surface area contributed by atoms with Gasteiger partial charge in [-0.1, -0.05) is 30.3 Å². The second-order valence-corrected chi connectivity index (χ2v) is 5.93. The topological polar surface area (TPSA) is 29.5 Å². The summed E-state index contributed by atoms with van der Waals surface area (Å²) in [5, 5.41) is 2.13. The number of nitrogens with zero attached hydrogens (tertiary/aromatic N) is 1. The summed E-state index contributed by atoms with van der Waals surface area (Å²) in [6.45, 7) is 1.70. The number of hydrogen-bond acceptors (Lipinski definition) is 4. The van der Waals surface area contributed by atoms with Gasteiger partial charge in [-0.25, -0.2) is 4.79 Å². The van der Waals surface area contributed by atoms with E-state index in [1.807, 2.05) is 30.3 Å². The zero-order valence-corrected chi connectivity index (χ0v) is 15.0. The van der Waals surface area contributed by atoms with Crippen LogP contribution in [-0.2, 0) is 22.5 Å². The van der Waals surface area contributed by atoms with Gasteiger partial charge in [-0.05, 0) is 29.0 Å². The fraction of sp³-hybridized carbons (Fsp3) is 0.312. The van der Waals surface area contributed by atoms with Crippen LogP contribution in [0.2, 0.25) is 0 Å². The van der Waals surface area contributed by atoms with E-state index in [9.17, 15) is 4.79 Å². The maximum absolute atomic E-state index is 12.2. The number of hydrogen-bond donors (Lipinski definition) is 0. The van der Waals surface area contributed by atoms with Gasteiger partial charge in [-0.15, -0.1) is 35.3 Å². The molecule has 0 fully saturated rings. The molecule has 0 saturated carbocycles. The molecule has 5 heteroatoms. The van der Waals surface area contributed by atoms with Gasteiger partial charge >= 0.3 is 5.97 Å². The molecule has 3 rings (SSSR count). The second-order valence-electron chi connectivity index (χ2n) is 4.93. The summed E-state index contributed by atoms with van der Waals surface area (Å²) in [6, 6.07) is 11.7. The summed E-state index contributed by atoms with van der Waals surface area (Å²) in [5.41, 5.74) is 2.34. The van der Waals surface area contributed by atoms with Crippen LogP contribution in [0.3, 0.4) is 0 Å². The van der Waals surface area contributed by atoms with Crippen LogP contribution in [0.1, 0.15) is 22.0 Å². The van der Waals surface area contributed by atoms with Crippen LogP contribution in [-0.4, -0.2) is 24.5 Å². The van der Waals surface area contributed by atoms with Crippen LogP contribution in [0.5, 0.6) is 0 Å². The molecule has 2 heterocycles. The fourth-order valence-electron chi connectivity index (χ4n) is 2.73. The Morgan fingerprint density at radius 1 is 1.29 bits per heavy atom. The van der Waals surface area contributed by atoms with Gasteiger partial charge in [0.05, 0.1) is 7.11 Å². The maximum Gasteiger partial charge on any atom is 0.327 e. The lowest BCUT2D eigenvalue weighted by Gasteiger charge is -2.33. The van der Waals surface area contributed by atoms with Crippen LogP contribution >= 0.6 is 35.3 Å². The van der Waals surface area contributed by atoms with Crippen molar-refractivity contribution >= 4 is 41.3 Å². The third-order valence-corrected chi connectivity index (χ3v) is 4.77. The van der Waals surface area contributed by atoms with Crippen molar-refractivity contribution in [2.45, 2.75) is 19.0 Å². The lowest BCUT2D eigenvalue weighted by molar-refractivity contribution is -0.147. The summed E-state index contributed by atoms with van der Waals surface area (Å²) in [5.74, 6) is -0.185. The third-order valence-electron chi connectivity index (χ3n) is 3.74. The average Bonchev–Trinajstić information content (AvgIpc) is 2.96. The number of rotatable bonds is 3. The monoisotopic (exact) mass is 415 g/mol. The number of carbonyl (C=O) groups excluding carboxylic acids is 1. The molecule has 0 unspecified atom stereocenters. The van der Waals surface area contributed by atoms with Gasteiger partial charge in [-0.2, -0.15) is 0 Å². The Morgan fingerprint density at radius 3 is 2.76 bits per heavy atom. The predicted octanol–water partition coefficient (Wildman–Crippen LogP) is 3.64. The molecule has 112 valence electrons. The highest BCUT2D eigenvalue weighted by Gasteiger charge is 2.31. The number of esters is 1. The molecule has 0 aliphatic carbocycles. The Balaban J connectivity index is 0.00000161. The number of methoxy groups -OCH3 is 1. The van der Waals surface area contributed by atoms with Crippen molar-refractivity contribution in [3.63, 3.8) is 0 Å². The molecule has 2 aromatic rings. The van der Waals surface area contributed by atoms with E-state index in [1.165, 1.54) is 17.6 Å². The summed E-state index contributed by atoms with van der Waals surface area (Å²) in [7, 11) is 1.46. The van der Waals surface area contributed by atoms with Crippen molar-refractivity contribution in [2.75, 3.05) is 13.7 Å². The van der Waals surface area contributed by atoms with Crippen molar-refractivity contribution in [1.29, 1.82) is 0 Å². The number of ether oxygens (including phenoxy) is 1. The second kappa shape index (κ2) is 7.38. The molecule has 0 radical (unpaired) electrons. The molecule has 1 atom stereocenters.